The van der Waals surface area contributed by atoms with Crippen molar-refractivity contribution < 1.29 is 37.3 Å². The first-order valence-corrected chi connectivity index (χ1v) is 25.1. The van der Waals surface area contributed by atoms with Crippen LogP contribution >= 0.6 is 7.82 Å². The van der Waals surface area contributed by atoms with E-state index in [1.807, 2.05) is 21.1 Å². The Bertz CT molecular complexity index is 1340. The molecule has 348 valence electrons. The van der Waals surface area contributed by atoms with Crippen molar-refractivity contribution in [1.82, 2.24) is 0 Å². The van der Waals surface area contributed by atoms with Crippen molar-refractivity contribution in [1.29, 1.82) is 0 Å². The summed E-state index contributed by atoms with van der Waals surface area (Å²) in [5.41, 5.74) is 0. The van der Waals surface area contributed by atoms with Gasteiger partial charge in [0.1, 0.15) is 19.3 Å². The number of ether oxygens (including phenoxy) is 2. The largest absolute Gasteiger partial charge is 0.472 e. The Morgan fingerprint density at radius 2 is 0.902 bits per heavy atom. The van der Waals surface area contributed by atoms with E-state index >= 15 is 0 Å². The van der Waals surface area contributed by atoms with Gasteiger partial charge in [-0.15, -0.1) is 0 Å². The topological polar surface area (TPSA) is 91.3 Å². The fourth-order valence-corrected chi connectivity index (χ4v) is 6.49. The van der Waals surface area contributed by atoms with Gasteiger partial charge in [-0.25, -0.2) is 4.57 Å². The highest BCUT2D eigenvalue weighted by Crippen LogP contribution is 2.43. The average molecular weight is 871 g/mol. The molecule has 0 aliphatic heterocycles. The molecule has 0 radical (unpaired) electrons. The highest BCUT2D eigenvalue weighted by atomic mass is 31.2. The van der Waals surface area contributed by atoms with E-state index in [0.29, 0.717) is 24.1 Å². The average Bonchev–Trinajstić information content (AvgIpc) is 3.22. The second kappa shape index (κ2) is 43.8. The van der Waals surface area contributed by atoms with Crippen LogP contribution in [0.1, 0.15) is 155 Å². The predicted molar refractivity (Wildman–Crippen MR) is 261 cm³/mol. The lowest BCUT2D eigenvalue weighted by Gasteiger charge is -2.24. The molecule has 0 aliphatic rings. The molecule has 0 aromatic heterocycles. The van der Waals surface area contributed by atoms with E-state index < -0.39 is 13.9 Å². The van der Waals surface area contributed by atoms with Crippen molar-refractivity contribution in [3.63, 3.8) is 0 Å². The second-order valence-electron chi connectivity index (χ2n) is 16.4. The van der Waals surface area contributed by atoms with Gasteiger partial charge in [0.25, 0.3) is 0 Å². The SMILES string of the molecule is CC/C=C\C/C=C\C/C=C\C/C=C\C/C=C\C/C=C\CCCCCCCCC(=O)OC(COCCCCCC/C=C\C/C=C\C/C=C\CC)COP(=O)(O)OCC[N+](C)(C)C. The molecule has 0 aromatic rings. The van der Waals surface area contributed by atoms with Crippen LogP contribution in [0.25, 0.3) is 0 Å². The molecular formula is C52H89NO7P+. The van der Waals surface area contributed by atoms with Gasteiger partial charge < -0.3 is 18.9 Å². The number of likely N-dealkylation sites (N-methyl/N-ethyl adjacent to an activating group) is 1. The zero-order valence-corrected chi connectivity index (χ0v) is 40.2. The second-order valence-corrected chi connectivity index (χ2v) is 17.8. The van der Waals surface area contributed by atoms with Gasteiger partial charge in [0.2, 0.25) is 0 Å². The lowest BCUT2D eigenvalue weighted by molar-refractivity contribution is -0.870. The van der Waals surface area contributed by atoms with Crippen LogP contribution in [0, 0.1) is 0 Å². The Kier molecular flexibility index (Phi) is 41.8. The number of rotatable bonds is 42. The van der Waals surface area contributed by atoms with Crippen molar-refractivity contribution in [2.45, 2.75) is 161 Å². The smallest absolute Gasteiger partial charge is 0.457 e. The maximum Gasteiger partial charge on any atom is 0.472 e. The summed E-state index contributed by atoms with van der Waals surface area (Å²) in [5, 5.41) is 0. The van der Waals surface area contributed by atoms with E-state index in [9.17, 15) is 14.3 Å². The number of esters is 1. The van der Waals surface area contributed by atoms with Crippen LogP contribution in [0.5, 0.6) is 0 Å². The summed E-state index contributed by atoms with van der Waals surface area (Å²) in [5.74, 6) is -0.342. The Labute approximate surface area is 374 Å². The summed E-state index contributed by atoms with van der Waals surface area (Å²) in [6, 6.07) is 0. The number of carbonyl (C=O) groups excluding carboxylic acids is 1. The number of carbonyl (C=O) groups is 1. The number of phosphoric acid groups is 1. The standard InChI is InChI=1S/C52H88NO7P/c1-6-8-10-12-14-16-18-20-22-23-24-25-26-27-28-29-30-31-32-33-35-37-39-41-43-45-52(54)60-51(50-59-61(55,56)58-48-46-53(3,4)5)49-57-47-44-42-40-38-36-34-21-19-17-15-13-11-9-7-2/h8-11,14-17,20-22,24-25,27-28,30-31,34,51H,6-7,12-13,18-19,23,26,29,32-33,35-50H2,1-5H3/p+1/b10-8-,11-9-,16-14-,17-15-,22-20-,25-24-,28-27-,31-30-,34-21-. The van der Waals surface area contributed by atoms with Crippen LogP contribution in [-0.4, -0.2) is 75.6 Å². The fraction of sp³-hybridized carbons (Fsp3) is 0.635. The van der Waals surface area contributed by atoms with E-state index in [0.717, 1.165) is 122 Å². The van der Waals surface area contributed by atoms with Crippen LogP contribution in [0.3, 0.4) is 0 Å². The Morgan fingerprint density at radius 3 is 1.34 bits per heavy atom. The van der Waals surface area contributed by atoms with Crippen molar-refractivity contribution in [2.24, 2.45) is 0 Å². The predicted octanol–water partition coefficient (Wildman–Crippen LogP) is 14.4. The zero-order valence-electron chi connectivity index (χ0n) is 39.4. The van der Waals surface area contributed by atoms with E-state index in [1.165, 1.54) is 12.8 Å². The summed E-state index contributed by atoms with van der Waals surface area (Å²) in [6.45, 7) is 5.28. The van der Waals surface area contributed by atoms with Gasteiger partial charge in [-0.3, -0.25) is 13.8 Å². The molecule has 0 spiro atoms. The van der Waals surface area contributed by atoms with Gasteiger partial charge >= 0.3 is 13.8 Å². The van der Waals surface area contributed by atoms with E-state index in [1.54, 1.807) is 0 Å². The quantitative estimate of drug-likeness (QED) is 0.0215. The number of quaternary nitrogens is 1. The van der Waals surface area contributed by atoms with Gasteiger partial charge in [0.15, 0.2) is 0 Å². The fourth-order valence-electron chi connectivity index (χ4n) is 5.75. The molecule has 0 rings (SSSR count). The Hall–Kier alpha value is -2.84. The van der Waals surface area contributed by atoms with E-state index in [4.69, 9.17) is 18.5 Å². The molecule has 0 heterocycles. The number of hydrogen-bond acceptors (Lipinski definition) is 6. The highest BCUT2D eigenvalue weighted by Gasteiger charge is 2.26. The van der Waals surface area contributed by atoms with Gasteiger partial charge in [0, 0.05) is 13.0 Å². The minimum atomic E-state index is -4.30. The van der Waals surface area contributed by atoms with Gasteiger partial charge in [-0.1, -0.05) is 162 Å². The Balaban J connectivity index is 4.26. The van der Waals surface area contributed by atoms with Gasteiger partial charge in [0.05, 0.1) is 34.4 Å². The number of unbranched alkanes of at least 4 members (excludes halogenated alkanes) is 10. The van der Waals surface area contributed by atoms with Gasteiger partial charge in [-0.05, 0) is 96.3 Å². The summed E-state index contributed by atoms with van der Waals surface area (Å²) < 4.78 is 35.0. The van der Waals surface area contributed by atoms with Crippen molar-refractivity contribution in [2.75, 3.05) is 54.1 Å². The minimum absolute atomic E-state index is 0.0739. The molecular weight excluding hydrogens is 782 g/mol. The molecule has 2 unspecified atom stereocenters. The number of nitrogens with zero attached hydrogens (tertiary/aromatic N) is 1. The van der Waals surface area contributed by atoms with Crippen LogP contribution in [0.15, 0.2) is 109 Å². The zero-order chi connectivity index (χ0) is 44.8. The molecule has 0 aliphatic carbocycles. The Morgan fingerprint density at radius 1 is 0.508 bits per heavy atom. The number of hydrogen-bond donors (Lipinski definition) is 1. The molecule has 0 bridgehead atoms. The monoisotopic (exact) mass is 871 g/mol. The lowest BCUT2D eigenvalue weighted by atomic mass is 10.1. The van der Waals surface area contributed by atoms with Crippen LogP contribution in [0.2, 0.25) is 0 Å². The third-order valence-corrected chi connectivity index (χ3v) is 10.3. The molecule has 0 saturated heterocycles. The number of allylic oxidation sites excluding steroid dienone is 18. The third kappa shape index (κ3) is 48.1. The van der Waals surface area contributed by atoms with Crippen molar-refractivity contribution >= 4 is 13.8 Å². The normalized spacial score (nSPS) is 14.7. The minimum Gasteiger partial charge on any atom is -0.457 e. The third-order valence-electron chi connectivity index (χ3n) is 9.33. The maximum absolute atomic E-state index is 12.7. The molecule has 0 amide bonds. The maximum atomic E-state index is 12.7. The molecule has 8 nitrogen and oxygen atoms in total. The first-order valence-electron chi connectivity index (χ1n) is 23.6. The summed E-state index contributed by atoms with van der Waals surface area (Å²) >= 11 is 0. The van der Waals surface area contributed by atoms with E-state index in [2.05, 4.69) is 123 Å². The summed E-state index contributed by atoms with van der Waals surface area (Å²) in [4.78, 5) is 22.9. The molecule has 1 N–H and O–H groups in total. The molecule has 0 aromatic carbocycles. The molecule has 2 atom stereocenters. The first-order chi connectivity index (χ1) is 29.6. The van der Waals surface area contributed by atoms with Gasteiger partial charge in [-0.2, -0.15) is 0 Å². The van der Waals surface area contributed by atoms with Crippen LogP contribution < -0.4 is 0 Å². The highest BCUT2D eigenvalue weighted by molar-refractivity contribution is 7.47. The van der Waals surface area contributed by atoms with Crippen LogP contribution in [0.4, 0.5) is 0 Å². The number of phosphoric ester groups is 1. The first kappa shape index (κ1) is 58.2. The summed E-state index contributed by atoms with van der Waals surface area (Å²) in [7, 11) is 1.62. The van der Waals surface area contributed by atoms with Crippen LogP contribution in [-0.2, 0) is 27.9 Å². The molecule has 9 heteroatoms. The lowest BCUT2D eigenvalue weighted by Crippen LogP contribution is -2.37. The molecule has 61 heavy (non-hydrogen) atoms. The summed E-state index contributed by atoms with van der Waals surface area (Å²) in [6.07, 6.45) is 61.3. The van der Waals surface area contributed by atoms with Crippen molar-refractivity contribution in [3.05, 3.63) is 109 Å². The van der Waals surface area contributed by atoms with E-state index in [-0.39, 0.29) is 25.8 Å². The molecule has 0 saturated carbocycles. The van der Waals surface area contributed by atoms with Crippen molar-refractivity contribution in [3.8, 4) is 0 Å². The molecule has 0 fully saturated rings.